The van der Waals surface area contributed by atoms with Crippen molar-refractivity contribution in [1.82, 2.24) is 0 Å². The van der Waals surface area contributed by atoms with Gasteiger partial charge in [-0.3, -0.25) is 0 Å². The van der Waals surface area contributed by atoms with Gasteiger partial charge < -0.3 is 10.5 Å². The molecule has 3 rings (SSSR count). The first kappa shape index (κ1) is 14.9. The van der Waals surface area contributed by atoms with Crippen LogP contribution in [0.4, 0.5) is 0 Å². The first-order valence-electron chi connectivity index (χ1n) is 8.48. The van der Waals surface area contributed by atoms with Crippen molar-refractivity contribution < 1.29 is 4.74 Å². The number of benzene rings is 1. The zero-order chi connectivity index (χ0) is 14.9. The molecule has 0 unspecified atom stereocenters. The fourth-order valence-electron chi connectivity index (χ4n) is 4.83. The van der Waals surface area contributed by atoms with Crippen LogP contribution in [0.25, 0.3) is 0 Å². The summed E-state index contributed by atoms with van der Waals surface area (Å²) in [6, 6.07) is 6.68. The molecule has 2 aliphatic carbocycles. The molecular formula is C19H29NO. The molecule has 2 fully saturated rings. The molecule has 0 radical (unpaired) electrons. The van der Waals surface area contributed by atoms with Crippen LogP contribution >= 0.6 is 0 Å². The molecule has 0 bridgehead atoms. The van der Waals surface area contributed by atoms with Crippen LogP contribution in [0, 0.1) is 12.3 Å². The molecule has 1 aromatic rings. The van der Waals surface area contributed by atoms with Crippen molar-refractivity contribution in [3.05, 3.63) is 29.3 Å². The predicted molar refractivity (Wildman–Crippen MR) is 87.8 cm³/mol. The summed E-state index contributed by atoms with van der Waals surface area (Å²) in [5.41, 5.74) is 9.61. The van der Waals surface area contributed by atoms with Crippen LogP contribution in [-0.4, -0.2) is 13.7 Å². The third-order valence-corrected chi connectivity index (χ3v) is 6.00. The minimum Gasteiger partial charge on any atom is -0.496 e. The minimum absolute atomic E-state index is 0.200. The summed E-state index contributed by atoms with van der Waals surface area (Å²) in [6.45, 7) is 2.87. The van der Waals surface area contributed by atoms with Crippen molar-refractivity contribution in [3.8, 4) is 5.75 Å². The summed E-state index contributed by atoms with van der Waals surface area (Å²) in [4.78, 5) is 0. The van der Waals surface area contributed by atoms with E-state index in [2.05, 4.69) is 25.1 Å². The van der Waals surface area contributed by atoms with Gasteiger partial charge in [0.05, 0.1) is 7.11 Å². The lowest BCUT2D eigenvalue weighted by molar-refractivity contribution is 0.0111. The Morgan fingerprint density at radius 2 is 1.76 bits per heavy atom. The molecule has 2 saturated carbocycles. The van der Waals surface area contributed by atoms with Gasteiger partial charge in [0.25, 0.3) is 0 Å². The summed E-state index contributed by atoms with van der Waals surface area (Å²) >= 11 is 0. The lowest BCUT2D eigenvalue weighted by Crippen LogP contribution is -2.53. The number of nitrogens with two attached hydrogens (primary N) is 1. The maximum Gasteiger partial charge on any atom is 0.122 e. The summed E-state index contributed by atoms with van der Waals surface area (Å²) in [5.74, 6) is 1.00. The summed E-state index contributed by atoms with van der Waals surface area (Å²) in [5, 5.41) is 0. The second-order valence-corrected chi connectivity index (χ2v) is 7.44. The summed E-state index contributed by atoms with van der Waals surface area (Å²) < 4.78 is 5.51. The quantitative estimate of drug-likeness (QED) is 0.898. The first-order valence-corrected chi connectivity index (χ1v) is 8.48. The van der Waals surface area contributed by atoms with Crippen LogP contribution in [0.15, 0.2) is 18.2 Å². The van der Waals surface area contributed by atoms with Crippen LogP contribution in [0.2, 0.25) is 0 Å². The first-order chi connectivity index (χ1) is 10.1. The molecule has 0 saturated heterocycles. The highest BCUT2D eigenvalue weighted by Gasteiger charge is 2.53. The maximum atomic E-state index is 6.22. The van der Waals surface area contributed by atoms with E-state index >= 15 is 0 Å². The second kappa shape index (κ2) is 5.64. The normalized spacial score (nSPS) is 23.4. The van der Waals surface area contributed by atoms with Crippen LogP contribution in [0.3, 0.4) is 0 Å². The van der Waals surface area contributed by atoms with E-state index < -0.39 is 0 Å². The number of hydrogen-bond acceptors (Lipinski definition) is 2. The van der Waals surface area contributed by atoms with Gasteiger partial charge in [-0.2, -0.15) is 0 Å². The Labute approximate surface area is 129 Å². The van der Waals surface area contributed by atoms with Crippen molar-refractivity contribution in [2.24, 2.45) is 11.1 Å². The molecule has 2 N–H and O–H groups in total. The van der Waals surface area contributed by atoms with E-state index in [9.17, 15) is 0 Å². The number of hydrogen-bond donors (Lipinski definition) is 1. The standard InChI is InChI=1S/C19H29NO/c1-15-7-8-16(11-17(15)21-2)19(14-20)12-18(13-19)9-5-3-4-6-10-18/h7-8,11H,3-6,9-10,12-14,20H2,1-2H3. The van der Waals surface area contributed by atoms with E-state index in [1.54, 1.807) is 7.11 Å². The van der Waals surface area contributed by atoms with Crippen molar-refractivity contribution in [2.45, 2.75) is 63.7 Å². The SMILES string of the molecule is COc1cc(C2(CN)CC3(CCCCCC3)C2)ccc1C. The molecule has 0 aromatic heterocycles. The highest BCUT2D eigenvalue weighted by atomic mass is 16.5. The lowest BCUT2D eigenvalue weighted by atomic mass is 9.48. The molecule has 0 heterocycles. The Kier molecular flexibility index (Phi) is 4.00. The maximum absolute atomic E-state index is 6.22. The van der Waals surface area contributed by atoms with E-state index in [1.165, 1.54) is 62.5 Å². The molecule has 0 amide bonds. The van der Waals surface area contributed by atoms with Gasteiger partial charge >= 0.3 is 0 Å². The lowest BCUT2D eigenvalue weighted by Gasteiger charge is -2.57. The van der Waals surface area contributed by atoms with E-state index in [4.69, 9.17) is 10.5 Å². The van der Waals surface area contributed by atoms with E-state index in [-0.39, 0.29) is 5.41 Å². The Morgan fingerprint density at radius 1 is 1.10 bits per heavy atom. The Hall–Kier alpha value is -1.02. The van der Waals surface area contributed by atoms with Crippen molar-refractivity contribution >= 4 is 0 Å². The van der Waals surface area contributed by atoms with Crippen LogP contribution in [0.1, 0.15) is 62.5 Å². The van der Waals surface area contributed by atoms with Gasteiger partial charge in [-0.1, -0.05) is 37.8 Å². The van der Waals surface area contributed by atoms with Crippen molar-refractivity contribution in [1.29, 1.82) is 0 Å². The third-order valence-electron chi connectivity index (χ3n) is 6.00. The highest BCUT2D eigenvalue weighted by Crippen LogP contribution is 2.61. The van der Waals surface area contributed by atoms with Gasteiger partial charge in [0.2, 0.25) is 0 Å². The summed E-state index contributed by atoms with van der Waals surface area (Å²) in [6.07, 6.45) is 11.1. The number of aryl methyl sites for hydroxylation is 1. The van der Waals surface area contributed by atoms with Crippen molar-refractivity contribution in [3.63, 3.8) is 0 Å². The predicted octanol–water partition coefficient (Wildman–Crippen LogP) is 4.33. The smallest absolute Gasteiger partial charge is 0.122 e. The number of ether oxygens (including phenoxy) is 1. The van der Waals surface area contributed by atoms with Crippen LogP contribution in [0.5, 0.6) is 5.75 Å². The molecule has 0 aliphatic heterocycles. The average Bonchev–Trinajstić information content (AvgIpc) is 2.71. The Morgan fingerprint density at radius 3 is 2.33 bits per heavy atom. The molecule has 21 heavy (non-hydrogen) atoms. The molecule has 2 aliphatic rings. The fourth-order valence-corrected chi connectivity index (χ4v) is 4.83. The minimum atomic E-state index is 0.200. The zero-order valence-corrected chi connectivity index (χ0v) is 13.6. The monoisotopic (exact) mass is 287 g/mol. The molecule has 116 valence electrons. The van der Waals surface area contributed by atoms with Crippen molar-refractivity contribution in [2.75, 3.05) is 13.7 Å². The topological polar surface area (TPSA) is 35.2 Å². The molecule has 1 spiro atoms. The summed E-state index contributed by atoms with van der Waals surface area (Å²) in [7, 11) is 1.76. The van der Waals surface area contributed by atoms with E-state index in [0.717, 1.165) is 12.3 Å². The second-order valence-electron chi connectivity index (χ2n) is 7.44. The zero-order valence-electron chi connectivity index (χ0n) is 13.6. The molecular weight excluding hydrogens is 258 g/mol. The van der Waals surface area contributed by atoms with Gasteiger partial charge in [-0.15, -0.1) is 0 Å². The Bertz CT molecular complexity index is 492. The molecule has 2 nitrogen and oxygen atoms in total. The Balaban J connectivity index is 1.83. The van der Waals surface area contributed by atoms with E-state index in [0.29, 0.717) is 5.41 Å². The van der Waals surface area contributed by atoms with Gasteiger partial charge in [0.15, 0.2) is 0 Å². The van der Waals surface area contributed by atoms with Gasteiger partial charge in [0.1, 0.15) is 5.75 Å². The third kappa shape index (κ3) is 2.59. The highest BCUT2D eigenvalue weighted by molar-refractivity contribution is 5.42. The van der Waals surface area contributed by atoms with Gasteiger partial charge in [0, 0.05) is 12.0 Å². The van der Waals surface area contributed by atoms with E-state index in [1.807, 2.05) is 0 Å². The average molecular weight is 287 g/mol. The number of rotatable bonds is 3. The van der Waals surface area contributed by atoms with Gasteiger partial charge in [-0.05, 0) is 55.2 Å². The number of methoxy groups -OCH3 is 1. The largest absolute Gasteiger partial charge is 0.496 e. The van der Waals surface area contributed by atoms with Crippen LogP contribution < -0.4 is 10.5 Å². The molecule has 2 heteroatoms. The molecule has 0 atom stereocenters. The molecule has 1 aromatic carbocycles. The van der Waals surface area contributed by atoms with Gasteiger partial charge in [-0.25, -0.2) is 0 Å². The van der Waals surface area contributed by atoms with Crippen LogP contribution in [-0.2, 0) is 5.41 Å². The fraction of sp³-hybridized carbons (Fsp3) is 0.684.